The number of piperidine rings is 1. The molecule has 114 valence electrons. The van der Waals surface area contributed by atoms with Crippen molar-refractivity contribution in [3.05, 3.63) is 0 Å². The molecule has 6 heteroatoms. The third-order valence-electron chi connectivity index (χ3n) is 4.34. The second-order valence-electron chi connectivity index (χ2n) is 5.92. The summed E-state index contributed by atoms with van der Waals surface area (Å²) < 4.78 is 0. The number of aliphatic hydroxyl groups excluding tert-OH is 1. The number of hydrogen-bond donors (Lipinski definition) is 3. The van der Waals surface area contributed by atoms with Crippen LogP contribution < -0.4 is 5.73 Å². The van der Waals surface area contributed by atoms with Crippen LogP contribution in [0, 0.1) is 5.92 Å². The number of aliphatic hydroxyl groups is 1. The predicted molar refractivity (Wildman–Crippen MR) is 79.8 cm³/mol. The Morgan fingerprint density at radius 3 is 2.45 bits per heavy atom. The molecule has 0 aromatic heterocycles. The Balaban J connectivity index is 2.37. The minimum Gasteiger partial charge on any atom is -0.480 e. The van der Waals surface area contributed by atoms with E-state index >= 15 is 0 Å². The molecule has 0 aromatic carbocycles. The lowest BCUT2D eigenvalue weighted by Crippen LogP contribution is -2.50. The Morgan fingerprint density at radius 1 is 1.30 bits per heavy atom. The quantitative estimate of drug-likeness (QED) is 0.426. The zero-order chi connectivity index (χ0) is 15.0. The Morgan fingerprint density at radius 2 is 1.95 bits per heavy atom. The van der Waals surface area contributed by atoms with Crippen LogP contribution in [0.25, 0.3) is 0 Å². The lowest BCUT2D eigenvalue weighted by molar-refractivity contribution is -0.144. The van der Waals surface area contributed by atoms with Crippen molar-refractivity contribution >= 4 is 13.8 Å². The van der Waals surface area contributed by atoms with Gasteiger partial charge in [0.05, 0.1) is 7.85 Å². The van der Waals surface area contributed by atoms with E-state index in [1.807, 2.05) is 0 Å². The fourth-order valence-corrected chi connectivity index (χ4v) is 2.67. The highest BCUT2D eigenvalue weighted by atomic mass is 16.4. The van der Waals surface area contributed by atoms with Gasteiger partial charge in [0.25, 0.3) is 0 Å². The SMILES string of the molecule is [B]CCCCC(N)(CCN1CCC(CO)CC1)C(=O)O. The normalized spacial score (nSPS) is 20.7. The molecule has 1 atom stereocenters. The van der Waals surface area contributed by atoms with Crippen LogP contribution in [0.3, 0.4) is 0 Å². The highest BCUT2D eigenvalue weighted by Crippen LogP contribution is 2.21. The summed E-state index contributed by atoms with van der Waals surface area (Å²) in [4.78, 5) is 13.6. The van der Waals surface area contributed by atoms with Gasteiger partial charge in [-0.25, -0.2) is 0 Å². The van der Waals surface area contributed by atoms with Crippen LogP contribution in [0.2, 0.25) is 6.32 Å². The largest absolute Gasteiger partial charge is 0.480 e. The number of carboxylic acid groups (broad SMARTS) is 1. The molecule has 0 aromatic rings. The molecular weight excluding hydrogens is 255 g/mol. The van der Waals surface area contributed by atoms with E-state index in [1.165, 1.54) is 0 Å². The molecule has 1 rings (SSSR count). The molecule has 20 heavy (non-hydrogen) atoms. The molecule has 1 aliphatic rings. The maximum atomic E-state index is 11.4. The first-order valence-corrected chi connectivity index (χ1v) is 7.57. The first-order chi connectivity index (χ1) is 9.51. The van der Waals surface area contributed by atoms with Gasteiger partial charge in [-0.3, -0.25) is 4.79 Å². The molecule has 0 spiro atoms. The van der Waals surface area contributed by atoms with E-state index in [0.717, 1.165) is 38.8 Å². The Labute approximate surface area is 122 Å². The maximum absolute atomic E-state index is 11.4. The van der Waals surface area contributed by atoms with Gasteiger partial charge in [0.2, 0.25) is 0 Å². The minimum absolute atomic E-state index is 0.253. The van der Waals surface area contributed by atoms with Crippen LogP contribution in [-0.2, 0) is 4.79 Å². The number of likely N-dealkylation sites (tertiary alicyclic amines) is 1. The molecular formula is C14H27BN2O3. The van der Waals surface area contributed by atoms with Gasteiger partial charge in [0, 0.05) is 13.2 Å². The molecule has 2 radical (unpaired) electrons. The van der Waals surface area contributed by atoms with Crippen molar-refractivity contribution in [2.45, 2.75) is 50.4 Å². The van der Waals surface area contributed by atoms with Crippen molar-refractivity contribution < 1.29 is 15.0 Å². The van der Waals surface area contributed by atoms with E-state index < -0.39 is 11.5 Å². The second kappa shape index (κ2) is 8.65. The van der Waals surface area contributed by atoms with Gasteiger partial charge in [0.1, 0.15) is 5.54 Å². The second-order valence-corrected chi connectivity index (χ2v) is 5.92. The summed E-state index contributed by atoms with van der Waals surface area (Å²) in [7, 11) is 5.43. The Hall–Kier alpha value is -0.585. The number of carboxylic acids is 1. The van der Waals surface area contributed by atoms with E-state index in [4.69, 9.17) is 18.7 Å². The van der Waals surface area contributed by atoms with Gasteiger partial charge in [0.15, 0.2) is 0 Å². The Bertz CT molecular complexity index is 296. The zero-order valence-electron chi connectivity index (χ0n) is 12.3. The number of aliphatic carboxylic acids is 1. The number of unbranched alkanes of at least 4 members (excludes halogenated alkanes) is 1. The monoisotopic (exact) mass is 282 g/mol. The van der Waals surface area contributed by atoms with Crippen molar-refractivity contribution in [2.75, 3.05) is 26.2 Å². The van der Waals surface area contributed by atoms with Gasteiger partial charge in [-0.2, -0.15) is 0 Å². The lowest BCUT2D eigenvalue weighted by Gasteiger charge is -2.33. The number of nitrogens with two attached hydrogens (primary N) is 1. The van der Waals surface area contributed by atoms with E-state index in [2.05, 4.69) is 4.90 Å². The highest BCUT2D eigenvalue weighted by molar-refractivity contribution is 6.08. The minimum atomic E-state index is -1.14. The summed E-state index contributed by atoms with van der Waals surface area (Å²) in [6, 6.07) is 0. The van der Waals surface area contributed by atoms with Crippen LogP contribution in [0.15, 0.2) is 0 Å². The summed E-state index contributed by atoms with van der Waals surface area (Å²) in [6.07, 6.45) is 5.05. The standard InChI is InChI=1S/C14H27BN2O3/c15-7-2-1-5-14(16,13(19)20)6-10-17-8-3-12(11-18)4-9-17/h12,18H,1-11,16H2,(H,19,20). The van der Waals surface area contributed by atoms with Gasteiger partial charge >= 0.3 is 5.97 Å². The number of nitrogens with zero attached hydrogens (tertiary/aromatic N) is 1. The van der Waals surface area contributed by atoms with Crippen molar-refractivity contribution in [3.8, 4) is 0 Å². The van der Waals surface area contributed by atoms with Gasteiger partial charge < -0.3 is 20.8 Å². The molecule has 1 heterocycles. The van der Waals surface area contributed by atoms with Crippen molar-refractivity contribution in [2.24, 2.45) is 11.7 Å². The zero-order valence-corrected chi connectivity index (χ0v) is 12.3. The first kappa shape index (κ1) is 17.5. The van der Waals surface area contributed by atoms with E-state index in [1.54, 1.807) is 0 Å². The molecule has 0 bridgehead atoms. The molecule has 0 amide bonds. The smallest absolute Gasteiger partial charge is 0.323 e. The lowest BCUT2D eigenvalue weighted by atomic mass is 9.87. The summed E-state index contributed by atoms with van der Waals surface area (Å²) >= 11 is 0. The molecule has 1 fully saturated rings. The maximum Gasteiger partial charge on any atom is 0.323 e. The average Bonchev–Trinajstić information content (AvgIpc) is 2.46. The van der Waals surface area contributed by atoms with Crippen molar-refractivity contribution in [1.82, 2.24) is 4.90 Å². The molecule has 1 aliphatic heterocycles. The number of rotatable bonds is 9. The van der Waals surface area contributed by atoms with Crippen molar-refractivity contribution in [3.63, 3.8) is 0 Å². The van der Waals surface area contributed by atoms with E-state index in [9.17, 15) is 9.90 Å². The van der Waals surface area contributed by atoms with Crippen LogP contribution in [0.1, 0.15) is 38.5 Å². The van der Waals surface area contributed by atoms with Gasteiger partial charge in [-0.15, -0.1) is 0 Å². The first-order valence-electron chi connectivity index (χ1n) is 7.57. The van der Waals surface area contributed by atoms with Crippen LogP contribution in [-0.4, -0.2) is 60.7 Å². The summed E-state index contributed by atoms with van der Waals surface area (Å²) in [6.45, 7) is 2.81. The third kappa shape index (κ3) is 5.42. The highest BCUT2D eigenvalue weighted by Gasteiger charge is 2.33. The summed E-state index contributed by atoms with van der Waals surface area (Å²) in [5, 5.41) is 18.4. The van der Waals surface area contributed by atoms with E-state index in [0.29, 0.717) is 31.6 Å². The van der Waals surface area contributed by atoms with Crippen LogP contribution in [0.5, 0.6) is 0 Å². The van der Waals surface area contributed by atoms with Gasteiger partial charge in [-0.1, -0.05) is 19.2 Å². The van der Waals surface area contributed by atoms with Crippen LogP contribution in [0.4, 0.5) is 0 Å². The van der Waals surface area contributed by atoms with Crippen LogP contribution >= 0.6 is 0 Å². The summed E-state index contributed by atoms with van der Waals surface area (Å²) in [5.41, 5.74) is 4.91. The van der Waals surface area contributed by atoms with Gasteiger partial charge in [-0.05, 0) is 44.7 Å². The van der Waals surface area contributed by atoms with E-state index in [-0.39, 0.29) is 6.61 Å². The molecule has 0 saturated carbocycles. The molecule has 5 nitrogen and oxygen atoms in total. The number of carbonyl (C=O) groups is 1. The third-order valence-corrected chi connectivity index (χ3v) is 4.34. The van der Waals surface area contributed by atoms with Crippen molar-refractivity contribution in [1.29, 1.82) is 0 Å². The summed E-state index contributed by atoms with van der Waals surface area (Å²) in [5.74, 6) is -0.516. The topological polar surface area (TPSA) is 86.8 Å². The fraction of sp³-hybridized carbons (Fsp3) is 0.929. The molecule has 0 aliphatic carbocycles. The Kier molecular flexibility index (Phi) is 7.55. The molecule has 1 saturated heterocycles. The average molecular weight is 282 g/mol. The number of hydrogen-bond acceptors (Lipinski definition) is 4. The molecule has 1 unspecified atom stereocenters. The molecule has 4 N–H and O–H groups in total. The predicted octanol–water partition coefficient (Wildman–Crippen LogP) is 0.620. The fourth-order valence-electron chi connectivity index (χ4n) is 2.67.